The van der Waals surface area contributed by atoms with Crippen LogP contribution in [0.1, 0.15) is 28.9 Å². The van der Waals surface area contributed by atoms with Crippen molar-refractivity contribution >= 4 is 40.7 Å². The third-order valence-corrected chi connectivity index (χ3v) is 7.27. The van der Waals surface area contributed by atoms with Crippen LogP contribution in [0.15, 0.2) is 84.9 Å². The molecule has 3 aromatic carbocycles. The average Bonchev–Trinajstić information content (AvgIpc) is 3.28. The average molecular weight is 502 g/mol. The summed E-state index contributed by atoms with van der Waals surface area (Å²) in [6.07, 6.45) is 0. The van der Waals surface area contributed by atoms with Gasteiger partial charge in [0, 0.05) is 17.6 Å². The van der Waals surface area contributed by atoms with Crippen molar-refractivity contribution in [3.63, 3.8) is 0 Å². The Morgan fingerprint density at radius 3 is 2.00 bits per heavy atom. The molecule has 2 amide bonds. The summed E-state index contributed by atoms with van der Waals surface area (Å²) in [4.78, 5) is 55.7. The number of hydrogen-bond acceptors (Lipinski definition) is 5. The lowest BCUT2D eigenvalue weighted by Gasteiger charge is -2.32. The minimum absolute atomic E-state index is 0.280. The zero-order valence-corrected chi connectivity index (χ0v) is 20.5. The molecule has 2 fully saturated rings. The van der Waals surface area contributed by atoms with Gasteiger partial charge in [0.05, 0.1) is 17.8 Å². The summed E-state index contributed by atoms with van der Waals surface area (Å²) in [6.45, 7) is 1.83. The van der Waals surface area contributed by atoms with E-state index in [0.29, 0.717) is 16.3 Å². The molecule has 2 aliphatic rings. The smallest absolute Gasteiger partial charge is 0.292 e. The van der Waals surface area contributed by atoms with Crippen molar-refractivity contribution in [1.29, 1.82) is 0 Å². The van der Waals surface area contributed by atoms with Crippen LogP contribution in [0.3, 0.4) is 0 Å². The summed E-state index contributed by atoms with van der Waals surface area (Å²) in [5.74, 6) is -3.74. The number of Topliss-reactive ketones (excluding diaryl/α,β-unsaturated/α-hetero) is 2. The highest BCUT2D eigenvalue weighted by Gasteiger charge is 2.59. The number of carbonyl (C=O) groups excluding carboxylic acids is 4. The van der Waals surface area contributed by atoms with Crippen molar-refractivity contribution in [3.05, 3.63) is 101 Å². The largest absolute Gasteiger partial charge is 0.314 e. The van der Waals surface area contributed by atoms with Gasteiger partial charge < -0.3 is 4.90 Å². The molecule has 2 aliphatic heterocycles. The fourth-order valence-corrected chi connectivity index (χ4v) is 5.28. The third kappa shape index (κ3) is 3.81. The quantitative estimate of drug-likeness (QED) is 0.300. The Hall–Kier alpha value is -3.81. The van der Waals surface area contributed by atoms with Crippen LogP contribution in [0.5, 0.6) is 0 Å². The molecule has 0 N–H and O–H groups in total. The zero-order valence-electron chi connectivity index (χ0n) is 19.7. The highest BCUT2D eigenvalue weighted by molar-refractivity contribution is 6.44. The molecule has 0 aromatic heterocycles. The molecule has 7 nitrogen and oxygen atoms in total. The Morgan fingerprint density at radius 2 is 1.39 bits per heavy atom. The van der Waals surface area contributed by atoms with E-state index in [1.807, 2.05) is 43.3 Å². The van der Waals surface area contributed by atoms with E-state index >= 15 is 0 Å². The molecule has 0 bridgehead atoms. The van der Waals surface area contributed by atoms with Crippen molar-refractivity contribution in [2.24, 2.45) is 5.92 Å². The predicted octanol–water partition coefficient (Wildman–Crippen LogP) is 3.94. The normalized spacial score (nSPS) is 24.6. The number of para-hydroxylation sites is 1. The number of anilines is 1. The molecule has 4 unspecified atom stereocenters. The lowest BCUT2D eigenvalue weighted by atomic mass is 9.86. The van der Waals surface area contributed by atoms with Gasteiger partial charge in [-0.25, -0.2) is 10.0 Å². The molecule has 0 aliphatic carbocycles. The second kappa shape index (κ2) is 9.33. The maximum Gasteiger partial charge on any atom is 0.292 e. The molecule has 5 rings (SSSR count). The van der Waals surface area contributed by atoms with Crippen molar-refractivity contribution < 1.29 is 19.2 Å². The van der Waals surface area contributed by atoms with Crippen molar-refractivity contribution in [2.45, 2.75) is 25.0 Å². The van der Waals surface area contributed by atoms with Gasteiger partial charge in [-0.3, -0.25) is 19.2 Å². The van der Waals surface area contributed by atoms with Gasteiger partial charge in [-0.2, -0.15) is 0 Å². The van der Waals surface area contributed by atoms with E-state index in [1.54, 1.807) is 60.6 Å². The minimum Gasteiger partial charge on any atom is -0.314 e. The predicted molar refractivity (Wildman–Crippen MR) is 135 cm³/mol. The van der Waals surface area contributed by atoms with Crippen LogP contribution >= 0.6 is 11.6 Å². The number of rotatable bonds is 5. The highest BCUT2D eigenvalue weighted by Crippen LogP contribution is 2.42. The van der Waals surface area contributed by atoms with E-state index in [-0.39, 0.29) is 11.5 Å². The number of amides is 2. The maximum absolute atomic E-state index is 13.8. The first-order valence-corrected chi connectivity index (χ1v) is 12.0. The van der Waals surface area contributed by atoms with Crippen molar-refractivity contribution in [1.82, 2.24) is 9.91 Å². The summed E-state index contributed by atoms with van der Waals surface area (Å²) < 4.78 is 0. The van der Waals surface area contributed by atoms with E-state index in [0.717, 1.165) is 0 Å². The van der Waals surface area contributed by atoms with Gasteiger partial charge in [0.25, 0.3) is 11.8 Å². The second-order valence-electron chi connectivity index (χ2n) is 9.03. The summed E-state index contributed by atoms with van der Waals surface area (Å²) in [7, 11) is 1.77. The topological polar surface area (TPSA) is 78.0 Å². The molecule has 36 heavy (non-hydrogen) atoms. The summed E-state index contributed by atoms with van der Waals surface area (Å²) in [5.41, 5.74) is 1.55. The Balaban J connectivity index is 1.60. The molecule has 3 aromatic rings. The number of carbonyl (C=O) groups is 4. The number of likely N-dealkylation sites (N-methyl/N-ethyl adjacent to an activating group) is 1. The van der Waals surface area contributed by atoms with Crippen LogP contribution in [0.25, 0.3) is 0 Å². The standard InChI is InChI=1S/C28H24ClN3O4/c1-17-23(27(35)32(30(17)2)21-11-7-4-8-12-21)31-24(18-9-5-3-6-10-18)22(26(34)28(31)36)25(33)19-13-15-20(29)16-14-19/h3-17,22-24H,1-2H3. The molecule has 4 atom stereocenters. The monoisotopic (exact) mass is 501 g/mol. The summed E-state index contributed by atoms with van der Waals surface area (Å²) in [5, 5.41) is 3.73. The SMILES string of the molecule is CC1C(N2C(=O)C(=O)C(C(=O)c3ccc(Cl)cc3)C2c2ccccc2)C(=O)N(c2ccccc2)N1C. The second-order valence-corrected chi connectivity index (χ2v) is 9.46. The first-order chi connectivity index (χ1) is 17.3. The Kier molecular flexibility index (Phi) is 6.20. The summed E-state index contributed by atoms with van der Waals surface area (Å²) >= 11 is 5.98. The number of ketones is 2. The number of nitrogens with zero attached hydrogens (tertiary/aromatic N) is 3. The Bertz CT molecular complexity index is 1330. The van der Waals surface area contributed by atoms with Gasteiger partial charge in [-0.15, -0.1) is 0 Å². The van der Waals surface area contributed by atoms with Gasteiger partial charge in [0.15, 0.2) is 5.78 Å². The van der Waals surface area contributed by atoms with E-state index in [9.17, 15) is 19.2 Å². The van der Waals surface area contributed by atoms with E-state index in [1.165, 1.54) is 9.91 Å². The number of hydrazine groups is 1. The maximum atomic E-state index is 13.8. The number of benzene rings is 3. The molecule has 8 heteroatoms. The van der Waals surface area contributed by atoms with Gasteiger partial charge in [-0.05, 0) is 48.9 Å². The van der Waals surface area contributed by atoms with Crippen LogP contribution in [0, 0.1) is 5.92 Å². The van der Waals surface area contributed by atoms with Crippen LogP contribution < -0.4 is 5.01 Å². The molecular formula is C28H24ClN3O4. The van der Waals surface area contributed by atoms with E-state index in [2.05, 4.69) is 0 Å². The Labute approximate surface area is 213 Å². The molecule has 0 radical (unpaired) electrons. The van der Waals surface area contributed by atoms with Gasteiger partial charge in [-0.1, -0.05) is 60.1 Å². The van der Waals surface area contributed by atoms with E-state index < -0.39 is 41.5 Å². The fraction of sp³-hybridized carbons (Fsp3) is 0.214. The van der Waals surface area contributed by atoms with Crippen LogP contribution in [-0.2, 0) is 14.4 Å². The van der Waals surface area contributed by atoms with Crippen LogP contribution in [0.4, 0.5) is 5.69 Å². The molecule has 0 saturated carbocycles. The van der Waals surface area contributed by atoms with Crippen LogP contribution in [0.2, 0.25) is 5.02 Å². The number of hydrogen-bond donors (Lipinski definition) is 0. The third-order valence-electron chi connectivity index (χ3n) is 7.02. The minimum atomic E-state index is -1.28. The molecule has 182 valence electrons. The first kappa shape index (κ1) is 23.9. The number of halogens is 1. The Morgan fingerprint density at radius 1 is 0.806 bits per heavy atom. The van der Waals surface area contributed by atoms with E-state index in [4.69, 9.17) is 11.6 Å². The van der Waals surface area contributed by atoms with Gasteiger partial charge in [0.1, 0.15) is 12.0 Å². The first-order valence-electron chi connectivity index (χ1n) is 11.6. The van der Waals surface area contributed by atoms with Crippen molar-refractivity contribution in [2.75, 3.05) is 12.1 Å². The molecule has 2 saturated heterocycles. The molecule has 2 heterocycles. The van der Waals surface area contributed by atoms with Gasteiger partial charge >= 0.3 is 0 Å². The lowest BCUT2D eigenvalue weighted by molar-refractivity contribution is -0.144. The lowest BCUT2D eigenvalue weighted by Crippen LogP contribution is -2.48. The molecular weight excluding hydrogens is 478 g/mol. The summed E-state index contributed by atoms with van der Waals surface area (Å²) in [6, 6.07) is 22.0. The number of likely N-dealkylation sites (tertiary alicyclic amines) is 1. The highest BCUT2D eigenvalue weighted by atomic mass is 35.5. The zero-order chi connectivity index (χ0) is 25.6. The molecule has 0 spiro atoms. The fourth-order valence-electron chi connectivity index (χ4n) is 5.15. The van der Waals surface area contributed by atoms with Gasteiger partial charge in [0.2, 0.25) is 5.78 Å². The van der Waals surface area contributed by atoms with Crippen molar-refractivity contribution in [3.8, 4) is 0 Å². The van der Waals surface area contributed by atoms with Crippen LogP contribution in [-0.4, -0.2) is 52.4 Å².